The number of fused-ring (bicyclic) bond motifs is 3. The third kappa shape index (κ3) is 9.59. The Morgan fingerprint density at radius 1 is 1.16 bits per heavy atom. The molecule has 0 unspecified atom stereocenters. The van der Waals surface area contributed by atoms with E-state index in [2.05, 4.69) is 13.8 Å². The Kier molecular flexibility index (Phi) is 13.6. The van der Waals surface area contributed by atoms with Crippen molar-refractivity contribution in [1.29, 1.82) is 0 Å². The zero-order valence-corrected chi connectivity index (χ0v) is 24.5. The van der Waals surface area contributed by atoms with Crippen molar-refractivity contribution in [1.82, 2.24) is 4.57 Å². The van der Waals surface area contributed by atoms with Crippen molar-refractivity contribution in [3.63, 3.8) is 0 Å². The number of pyridine rings is 1. The number of anilines is 1. The lowest BCUT2D eigenvalue weighted by atomic mass is 10.1. The summed E-state index contributed by atoms with van der Waals surface area (Å²) in [6.45, 7) is 15.5. The minimum atomic E-state index is -0.667. The van der Waals surface area contributed by atoms with Crippen LogP contribution in [0.15, 0.2) is 29.2 Å². The summed E-state index contributed by atoms with van der Waals surface area (Å²) in [5.41, 5.74) is 0.571. The van der Waals surface area contributed by atoms with Gasteiger partial charge in [-0.15, -0.1) is 0 Å². The Morgan fingerprint density at radius 3 is 2.41 bits per heavy atom. The molecular formula is C28H43ClN2O6. The molecule has 0 saturated carbocycles. The minimum absolute atomic E-state index is 0.218. The molecule has 1 aliphatic heterocycles. The molecule has 1 aromatic carbocycles. The molecule has 9 heteroatoms. The number of carbonyl (C=O) groups is 1. The molecule has 1 aliphatic rings. The third-order valence-corrected chi connectivity index (χ3v) is 5.08. The molecule has 0 atom stereocenters. The van der Waals surface area contributed by atoms with E-state index in [0.717, 1.165) is 6.42 Å². The topological polar surface area (TPSA) is 79.2 Å². The lowest BCUT2D eigenvalue weighted by molar-refractivity contribution is 0.0589. The number of aromatic nitrogens is 1. The lowest BCUT2D eigenvalue weighted by Gasteiger charge is -2.25. The molecule has 208 valence electrons. The van der Waals surface area contributed by atoms with Gasteiger partial charge in [0.2, 0.25) is 5.43 Å². The highest BCUT2D eigenvalue weighted by Crippen LogP contribution is 2.40. The van der Waals surface area contributed by atoms with Crippen molar-refractivity contribution >= 4 is 23.4 Å². The summed E-state index contributed by atoms with van der Waals surface area (Å²) in [6, 6.07) is 4.96. The van der Waals surface area contributed by atoms with E-state index in [1.165, 1.54) is 24.4 Å². The van der Waals surface area contributed by atoms with Crippen LogP contribution in [-0.4, -0.2) is 50.2 Å². The number of hydrogen-bond acceptors (Lipinski definition) is 6. The first-order chi connectivity index (χ1) is 17.5. The van der Waals surface area contributed by atoms with Crippen LogP contribution in [0, 0.1) is 0 Å². The number of carbonyl (C=O) groups excluding carboxylic acids is 1. The zero-order chi connectivity index (χ0) is 28.2. The number of hydrogen-bond donors (Lipinski definition) is 0. The average molecular weight is 539 g/mol. The van der Waals surface area contributed by atoms with E-state index in [4.69, 9.17) is 30.5 Å². The van der Waals surface area contributed by atoms with Gasteiger partial charge < -0.3 is 23.5 Å². The average Bonchev–Trinajstić information content (AvgIpc) is 3.00. The van der Waals surface area contributed by atoms with Crippen molar-refractivity contribution in [3.8, 4) is 22.8 Å². The second-order valence-electron chi connectivity index (χ2n) is 9.17. The summed E-state index contributed by atoms with van der Waals surface area (Å²) in [4.78, 5) is 26.6. The first kappa shape index (κ1) is 32.3. The maximum atomic E-state index is 12.9. The van der Waals surface area contributed by atoms with Gasteiger partial charge in [-0.1, -0.05) is 45.7 Å². The molecule has 0 saturated heterocycles. The van der Waals surface area contributed by atoms with Gasteiger partial charge in [-0.3, -0.25) is 9.69 Å². The second kappa shape index (κ2) is 15.5. The SMILES string of the molecule is CC.CCC.COCCCOc1cc2c(cc1Cl)-c1cc(=O)c(N(C)C(=O)OC(C)(C)C)cn1CCO2. The largest absolute Gasteiger partial charge is 0.492 e. The van der Waals surface area contributed by atoms with E-state index in [1.54, 1.807) is 46.2 Å². The number of benzene rings is 1. The van der Waals surface area contributed by atoms with Crippen LogP contribution in [0.5, 0.6) is 11.5 Å². The monoisotopic (exact) mass is 538 g/mol. The molecule has 3 rings (SSSR count). The van der Waals surface area contributed by atoms with E-state index in [0.29, 0.717) is 54.1 Å². The summed E-state index contributed by atoms with van der Waals surface area (Å²) < 4.78 is 24.0. The van der Waals surface area contributed by atoms with Crippen LogP contribution in [0.3, 0.4) is 0 Å². The first-order valence-electron chi connectivity index (χ1n) is 12.8. The van der Waals surface area contributed by atoms with Crippen molar-refractivity contribution in [2.45, 2.75) is 73.5 Å². The fourth-order valence-corrected chi connectivity index (χ4v) is 3.48. The molecule has 2 heterocycles. The molecule has 0 N–H and O–H groups in total. The summed E-state index contributed by atoms with van der Waals surface area (Å²) in [7, 11) is 3.16. The minimum Gasteiger partial charge on any atom is -0.492 e. The number of ether oxygens (including phenoxy) is 4. The predicted molar refractivity (Wildman–Crippen MR) is 151 cm³/mol. The molecule has 0 bridgehead atoms. The van der Waals surface area contributed by atoms with Gasteiger partial charge in [-0.2, -0.15) is 0 Å². The maximum Gasteiger partial charge on any atom is 0.414 e. The molecule has 37 heavy (non-hydrogen) atoms. The van der Waals surface area contributed by atoms with Crippen LogP contribution in [0.25, 0.3) is 11.3 Å². The quantitative estimate of drug-likeness (QED) is 0.377. The summed E-state index contributed by atoms with van der Waals surface area (Å²) >= 11 is 6.45. The van der Waals surface area contributed by atoms with Crippen LogP contribution in [-0.2, 0) is 16.0 Å². The fraction of sp³-hybridized carbons (Fsp3) is 0.571. The van der Waals surface area contributed by atoms with Crippen molar-refractivity contribution in [2.24, 2.45) is 0 Å². The summed E-state index contributed by atoms with van der Waals surface area (Å²) in [5, 5.41) is 0.417. The van der Waals surface area contributed by atoms with Gasteiger partial charge in [-0.05, 0) is 26.8 Å². The van der Waals surface area contributed by atoms with E-state index >= 15 is 0 Å². The zero-order valence-electron chi connectivity index (χ0n) is 23.8. The van der Waals surface area contributed by atoms with Crippen molar-refractivity contribution < 1.29 is 23.7 Å². The molecule has 8 nitrogen and oxygen atoms in total. The maximum absolute atomic E-state index is 12.9. The predicted octanol–water partition coefficient (Wildman–Crippen LogP) is 6.79. The Labute approximate surface area is 226 Å². The van der Waals surface area contributed by atoms with Crippen molar-refractivity contribution in [3.05, 3.63) is 39.6 Å². The van der Waals surface area contributed by atoms with Gasteiger partial charge in [-0.25, -0.2) is 4.79 Å². The van der Waals surface area contributed by atoms with Crippen LogP contribution in [0.4, 0.5) is 10.5 Å². The summed E-state index contributed by atoms with van der Waals surface area (Å²) in [5.74, 6) is 1.09. The third-order valence-electron chi connectivity index (χ3n) is 4.79. The van der Waals surface area contributed by atoms with E-state index < -0.39 is 11.7 Å². The van der Waals surface area contributed by atoms with Crippen LogP contribution in [0.1, 0.15) is 61.3 Å². The Balaban J connectivity index is 0.00000127. The smallest absolute Gasteiger partial charge is 0.414 e. The standard InChI is InChI=1S/C23H29ClN2O6.C3H8.C2H6/c1-23(2,3)32-22(28)25(4)18-14-26-7-10-31-20-13-21(30-9-6-8-29-5)16(24)11-15(20)17(26)12-19(18)27;1-3-2;1-2/h11-14H,6-10H2,1-5H3;3H2,1-2H3;1-2H3. The lowest BCUT2D eigenvalue weighted by Crippen LogP contribution is -2.36. The molecule has 0 spiro atoms. The highest BCUT2D eigenvalue weighted by atomic mass is 35.5. The Morgan fingerprint density at radius 2 is 1.81 bits per heavy atom. The van der Waals surface area contributed by atoms with Crippen LogP contribution < -0.4 is 19.8 Å². The fourth-order valence-electron chi connectivity index (χ4n) is 3.26. The Hall–Kier alpha value is -2.71. The highest BCUT2D eigenvalue weighted by molar-refractivity contribution is 6.32. The highest BCUT2D eigenvalue weighted by Gasteiger charge is 2.25. The number of methoxy groups -OCH3 is 1. The number of rotatable bonds is 6. The molecular weight excluding hydrogens is 496 g/mol. The van der Waals surface area contributed by atoms with Gasteiger partial charge in [0.15, 0.2) is 0 Å². The van der Waals surface area contributed by atoms with Gasteiger partial charge in [0, 0.05) is 51.1 Å². The van der Waals surface area contributed by atoms with Crippen molar-refractivity contribution in [2.75, 3.05) is 38.9 Å². The normalized spacial score (nSPS) is 11.7. The van der Waals surface area contributed by atoms with Crippen LogP contribution >= 0.6 is 11.6 Å². The second-order valence-corrected chi connectivity index (χ2v) is 9.58. The van der Waals surface area contributed by atoms with E-state index in [1.807, 2.05) is 18.4 Å². The summed E-state index contributed by atoms with van der Waals surface area (Å²) in [6.07, 6.45) is 3.03. The number of nitrogens with zero attached hydrogens (tertiary/aromatic N) is 2. The Bertz CT molecular complexity index is 1060. The number of halogens is 1. The van der Waals surface area contributed by atoms with Gasteiger partial charge in [0.1, 0.15) is 29.4 Å². The first-order valence-corrected chi connectivity index (χ1v) is 13.2. The van der Waals surface area contributed by atoms with Gasteiger partial charge in [0.05, 0.1) is 23.9 Å². The van der Waals surface area contributed by atoms with E-state index in [9.17, 15) is 9.59 Å². The molecule has 1 aromatic heterocycles. The number of amides is 1. The molecule has 0 aliphatic carbocycles. The molecule has 2 aromatic rings. The van der Waals surface area contributed by atoms with E-state index in [-0.39, 0.29) is 11.1 Å². The molecule has 0 radical (unpaired) electrons. The molecule has 0 fully saturated rings. The molecule has 1 amide bonds. The van der Waals surface area contributed by atoms with Crippen LogP contribution in [0.2, 0.25) is 5.02 Å². The van der Waals surface area contributed by atoms with Gasteiger partial charge in [0.25, 0.3) is 0 Å². The van der Waals surface area contributed by atoms with Gasteiger partial charge >= 0.3 is 6.09 Å².